The van der Waals surface area contributed by atoms with Gasteiger partial charge in [-0.2, -0.15) is 0 Å². The van der Waals surface area contributed by atoms with Gasteiger partial charge in [0.15, 0.2) is 0 Å². The van der Waals surface area contributed by atoms with E-state index >= 15 is 0 Å². The summed E-state index contributed by atoms with van der Waals surface area (Å²) in [6, 6.07) is 6.12. The third-order valence-electron chi connectivity index (χ3n) is 1.78. The maximum atomic E-state index is 12.8. The maximum absolute atomic E-state index is 12.8. The summed E-state index contributed by atoms with van der Waals surface area (Å²) in [4.78, 5) is 0.666. The van der Waals surface area contributed by atoms with E-state index in [1.165, 1.54) is 12.1 Å². The van der Waals surface area contributed by atoms with Crippen LogP contribution in [0.2, 0.25) is 0 Å². The van der Waals surface area contributed by atoms with Gasteiger partial charge in [-0.25, -0.2) is 8.60 Å². The van der Waals surface area contributed by atoms with Crippen LogP contribution in [0.1, 0.15) is 5.56 Å². The summed E-state index contributed by atoms with van der Waals surface area (Å²) < 4.78 is 24.1. The van der Waals surface area contributed by atoms with Gasteiger partial charge in [0.2, 0.25) is 0 Å². The second kappa shape index (κ2) is 3.26. The van der Waals surface area contributed by atoms with Gasteiger partial charge in [-0.15, -0.1) is 0 Å². The number of benzene rings is 1. The highest BCUT2D eigenvalue weighted by molar-refractivity contribution is 7.97. The minimum absolute atomic E-state index is 0.303. The van der Waals surface area contributed by atoms with Crippen LogP contribution in [0, 0.1) is 5.82 Å². The molecule has 0 spiro atoms. The zero-order valence-electron chi connectivity index (χ0n) is 6.74. The van der Waals surface area contributed by atoms with Crippen LogP contribution in [-0.4, -0.2) is 4.21 Å². The molecule has 1 aromatic rings. The van der Waals surface area contributed by atoms with Crippen LogP contribution in [0.5, 0.6) is 0 Å². The zero-order chi connectivity index (χ0) is 9.26. The Balaban J connectivity index is 2.42. The Morgan fingerprint density at radius 2 is 2.15 bits per heavy atom. The molecular weight excluding hydrogens is 187 g/mol. The number of rotatable bonds is 1. The fourth-order valence-corrected chi connectivity index (χ4v) is 2.13. The van der Waals surface area contributed by atoms with Crippen molar-refractivity contribution in [3.63, 3.8) is 0 Å². The monoisotopic (exact) mass is 194 g/mol. The lowest BCUT2D eigenvalue weighted by atomic mass is 10.2. The molecule has 1 nitrogen and oxygen atoms in total. The van der Waals surface area contributed by atoms with Gasteiger partial charge in [0.1, 0.15) is 5.82 Å². The van der Waals surface area contributed by atoms with Gasteiger partial charge in [-0.3, -0.25) is 0 Å². The second-order valence-corrected chi connectivity index (χ2v) is 3.97. The van der Waals surface area contributed by atoms with Crippen molar-refractivity contribution in [1.82, 2.24) is 0 Å². The predicted octanol–water partition coefficient (Wildman–Crippen LogP) is 2.44. The Bertz CT molecular complexity index is 421. The summed E-state index contributed by atoms with van der Waals surface area (Å²) in [7, 11) is -1.11. The molecular formula is C10H7FOS. The first-order valence-corrected chi connectivity index (χ1v) is 5.04. The minimum atomic E-state index is -1.11. The third-order valence-corrected chi connectivity index (χ3v) is 2.99. The molecule has 66 valence electrons. The largest absolute Gasteiger partial charge is 0.250 e. The molecule has 0 aliphatic carbocycles. The molecule has 1 aromatic carbocycles. The van der Waals surface area contributed by atoms with Gasteiger partial charge in [0.05, 0.1) is 15.7 Å². The topological polar surface area (TPSA) is 17.1 Å². The van der Waals surface area contributed by atoms with Crippen molar-refractivity contribution in [2.75, 3.05) is 0 Å². The molecule has 0 fully saturated rings. The summed E-state index contributed by atoms with van der Waals surface area (Å²) in [5.74, 6) is -0.303. The van der Waals surface area contributed by atoms with Crippen molar-refractivity contribution in [3.8, 4) is 0 Å². The van der Waals surface area contributed by atoms with Gasteiger partial charge in [-0.1, -0.05) is 18.2 Å². The lowest BCUT2D eigenvalue weighted by Gasteiger charge is -2.00. The normalized spacial score (nSPS) is 20.4. The van der Waals surface area contributed by atoms with E-state index in [-0.39, 0.29) is 5.82 Å². The number of halogens is 1. The summed E-state index contributed by atoms with van der Waals surface area (Å²) >= 11 is 0. The molecule has 1 aliphatic rings. The summed E-state index contributed by atoms with van der Waals surface area (Å²) in [6.07, 6.45) is 3.46. The van der Waals surface area contributed by atoms with Crippen LogP contribution in [0.25, 0.3) is 4.91 Å². The van der Waals surface area contributed by atoms with Gasteiger partial charge < -0.3 is 0 Å². The van der Waals surface area contributed by atoms with Crippen molar-refractivity contribution in [2.45, 2.75) is 0 Å². The van der Waals surface area contributed by atoms with Crippen molar-refractivity contribution in [1.29, 1.82) is 0 Å². The summed E-state index contributed by atoms with van der Waals surface area (Å²) in [5, 5.41) is 1.58. The Hall–Kier alpha value is -1.22. The van der Waals surface area contributed by atoms with E-state index in [9.17, 15) is 8.60 Å². The van der Waals surface area contributed by atoms with E-state index in [0.717, 1.165) is 0 Å². The molecule has 1 heterocycles. The van der Waals surface area contributed by atoms with E-state index in [4.69, 9.17) is 0 Å². The molecule has 0 N–H and O–H groups in total. The average Bonchev–Trinajstić information content (AvgIpc) is 2.51. The van der Waals surface area contributed by atoms with E-state index < -0.39 is 10.8 Å². The highest BCUT2D eigenvalue weighted by atomic mass is 32.2. The number of hydrogen-bond donors (Lipinski definition) is 0. The number of allylic oxidation sites excluding steroid dienone is 2. The Labute approximate surface area is 78.0 Å². The maximum Gasteiger partial charge on any atom is 0.123 e. The van der Waals surface area contributed by atoms with Gasteiger partial charge in [-0.05, 0) is 23.8 Å². The third kappa shape index (κ3) is 1.60. The van der Waals surface area contributed by atoms with Crippen LogP contribution in [0.4, 0.5) is 4.39 Å². The van der Waals surface area contributed by atoms with Crippen LogP contribution in [-0.2, 0) is 10.8 Å². The molecule has 0 saturated carbocycles. The standard InChI is InChI=1S/C10H7FOS/c11-9-4-1-3-8(7-9)10-5-2-6-13(10)12/h1-7H. The highest BCUT2D eigenvalue weighted by Gasteiger charge is 2.10. The van der Waals surface area contributed by atoms with Crippen molar-refractivity contribution >= 4 is 15.7 Å². The van der Waals surface area contributed by atoms with E-state index in [1.54, 1.807) is 29.7 Å². The average molecular weight is 194 g/mol. The highest BCUT2D eigenvalue weighted by Crippen LogP contribution is 2.23. The van der Waals surface area contributed by atoms with Gasteiger partial charge in [0, 0.05) is 5.41 Å². The van der Waals surface area contributed by atoms with Crippen LogP contribution in [0.3, 0.4) is 0 Å². The Morgan fingerprint density at radius 3 is 2.77 bits per heavy atom. The molecule has 1 aliphatic heterocycles. The fraction of sp³-hybridized carbons (Fsp3) is 0. The SMILES string of the molecule is O=S1C=CC=C1c1cccc(F)c1. The molecule has 0 aromatic heterocycles. The molecule has 0 saturated heterocycles. The van der Waals surface area contributed by atoms with Crippen LogP contribution >= 0.6 is 0 Å². The fourth-order valence-electron chi connectivity index (χ4n) is 1.19. The summed E-state index contributed by atoms with van der Waals surface area (Å²) in [5.41, 5.74) is 0.684. The van der Waals surface area contributed by atoms with Gasteiger partial charge >= 0.3 is 0 Å². The lowest BCUT2D eigenvalue weighted by molar-refractivity contribution is 0.627. The van der Waals surface area contributed by atoms with Crippen LogP contribution < -0.4 is 0 Å². The van der Waals surface area contributed by atoms with Crippen molar-refractivity contribution in [3.05, 3.63) is 53.2 Å². The minimum Gasteiger partial charge on any atom is -0.250 e. The first kappa shape index (κ1) is 8.38. The van der Waals surface area contributed by atoms with Crippen molar-refractivity contribution < 1.29 is 8.60 Å². The van der Waals surface area contributed by atoms with E-state index in [0.29, 0.717) is 10.5 Å². The molecule has 0 amide bonds. The summed E-state index contributed by atoms with van der Waals surface area (Å²) in [6.45, 7) is 0. The zero-order valence-corrected chi connectivity index (χ0v) is 7.55. The predicted molar refractivity (Wildman–Crippen MR) is 51.7 cm³/mol. The van der Waals surface area contributed by atoms with E-state index in [2.05, 4.69) is 0 Å². The molecule has 0 radical (unpaired) electrons. The van der Waals surface area contributed by atoms with E-state index in [1.807, 2.05) is 0 Å². The molecule has 1 unspecified atom stereocenters. The molecule has 2 rings (SSSR count). The smallest absolute Gasteiger partial charge is 0.123 e. The second-order valence-electron chi connectivity index (χ2n) is 2.67. The first-order valence-electron chi connectivity index (χ1n) is 3.82. The number of hydrogen-bond acceptors (Lipinski definition) is 1. The quantitative estimate of drug-likeness (QED) is 0.671. The van der Waals surface area contributed by atoms with Gasteiger partial charge in [0.25, 0.3) is 0 Å². The van der Waals surface area contributed by atoms with Crippen molar-refractivity contribution in [2.24, 2.45) is 0 Å². The molecule has 3 heteroatoms. The molecule has 13 heavy (non-hydrogen) atoms. The van der Waals surface area contributed by atoms with Crippen LogP contribution in [0.15, 0.2) is 41.8 Å². The first-order chi connectivity index (χ1) is 6.27. The Kier molecular flexibility index (Phi) is 2.10. The lowest BCUT2D eigenvalue weighted by Crippen LogP contribution is -1.88. The Morgan fingerprint density at radius 1 is 1.31 bits per heavy atom. The molecule has 1 atom stereocenters. The molecule has 0 bridgehead atoms.